The van der Waals surface area contributed by atoms with Crippen LogP contribution in [0.25, 0.3) is 0 Å². The lowest BCUT2D eigenvalue weighted by molar-refractivity contribution is -0.125. The molecule has 0 amide bonds. The largest absolute Gasteiger partial charge is 0.504 e. The molecule has 1 N–H and O–H groups in total. The molecule has 4 rings (SSSR count). The van der Waals surface area contributed by atoms with Gasteiger partial charge in [-0.2, -0.15) is 0 Å². The Balaban J connectivity index is 1.70. The number of benzene rings is 1. The molecule has 1 aromatic rings. The summed E-state index contributed by atoms with van der Waals surface area (Å²) in [5.74, 6) is 3.41. The topological polar surface area (TPSA) is 46.5 Å². The zero-order valence-corrected chi connectivity index (χ0v) is 15.0. The van der Waals surface area contributed by atoms with Gasteiger partial charge >= 0.3 is 0 Å². The number of hydrogen-bond acceptors (Lipinski definition) is 3. The van der Waals surface area contributed by atoms with Crippen molar-refractivity contribution in [3.63, 3.8) is 0 Å². The van der Waals surface area contributed by atoms with Gasteiger partial charge in [-0.15, -0.1) is 0 Å². The van der Waals surface area contributed by atoms with Crippen molar-refractivity contribution in [1.82, 2.24) is 0 Å². The van der Waals surface area contributed by atoms with Gasteiger partial charge in [0.15, 0.2) is 11.5 Å². The third-order valence-corrected chi connectivity index (χ3v) is 7.52. The maximum atomic E-state index is 12.1. The highest BCUT2D eigenvalue weighted by molar-refractivity contribution is 5.79. The average molecular weight is 328 g/mol. The van der Waals surface area contributed by atoms with Crippen LogP contribution >= 0.6 is 0 Å². The van der Waals surface area contributed by atoms with Crippen LogP contribution in [0.5, 0.6) is 11.5 Å². The van der Waals surface area contributed by atoms with E-state index in [2.05, 4.69) is 13.0 Å². The first-order valence-electron chi connectivity index (χ1n) is 9.36. The van der Waals surface area contributed by atoms with Crippen LogP contribution in [0.2, 0.25) is 0 Å². The van der Waals surface area contributed by atoms with E-state index in [0.29, 0.717) is 29.3 Å². The van der Waals surface area contributed by atoms with Gasteiger partial charge in [0, 0.05) is 5.92 Å². The fourth-order valence-electron chi connectivity index (χ4n) is 6.42. The molecule has 3 aliphatic rings. The highest BCUT2D eigenvalue weighted by atomic mass is 16.5. The molecule has 24 heavy (non-hydrogen) atoms. The zero-order valence-electron chi connectivity index (χ0n) is 15.0. The smallest absolute Gasteiger partial charge is 0.160 e. The summed E-state index contributed by atoms with van der Waals surface area (Å²) in [6.45, 7) is 4.16. The molecule has 0 aromatic heterocycles. The van der Waals surface area contributed by atoms with Gasteiger partial charge in [0.05, 0.1) is 7.11 Å². The van der Waals surface area contributed by atoms with E-state index in [1.807, 2.05) is 6.07 Å². The number of phenolic OH excluding ortho intramolecular Hbond substituents is 1. The van der Waals surface area contributed by atoms with Gasteiger partial charge in [0.25, 0.3) is 0 Å². The van der Waals surface area contributed by atoms with Gasteiger partial charge in [-0.3, -0.25) is 4.79 Å². The van der Waals surface area contributed by atoms with Crippen molar-refractivity contribution in [3.05, 3.63) is 23.3 Å². The van der Waals surface area contributed by atoms with E-state index in [0.717, 1.165) is 25.7 Å². The van der Waals surface area contributed by atoms with Crippen LogP contribution in [-0.2, 0) is 11.2 Å². The summed E-state index contributed by atoms with van der Waals surface area (Å²) in [5.41, 5.74) is 2.87. The molecule has 2 saturated carbocycles. The Hall–Kier alpha value is -1.51. The highest BCUT2D eigenvalue weighted by Gasteiger charge is 2.55. The minimum absolute atomic E-state index is 0.200. The summed E-state index contributed by atoms with van der Waals surface area (Å²) in [4.78, 5) is 12.1. The molecule has 0 aliphatic heterocycles. The zero-order chi connectivity index (χ0) is 17.1. The highest BCUT2D eigenvalue weighted by Crippen LogP contribution is 2.63. The fraction of sp³-hybridized carbons (Fsp3) is 0.667. The summed E-state index contributed by atoms with van der Waals surface area (Å²) < 4.78 is 5.35. The number of ether oxygens (including phenoxy) is 1. The van der Waals surface area contributed by atoms with Gasteiger partial charge in [-0.25, -0.2) is 0 Å². The Bertz CT molecular complexity index is 680. The van der Waals surface area contributed by atoms with Gasteiger partial charge in [0.2, 0.25) is 0 Å². The van der Waals surface area contributed by atoms with E-state index in [9.17, 15) is 9.90 Å². The monoisotopic (exact) mass is 328 g/mol. The minimum Gasteiger partial charge on any atom is -0.504 e. The van der Waals surface area contributed by atoms with Gasteiger partial charge in [0.1, 0.15) is 5.78 Å². The number of ketones is 1. The van der Waals surface area contributed by atoms with E-state index in [1.165, 1.54) is 24.0 Å². The predicted molar refractivity (Wildman–Crippen MR) is 93.4 cm³/mol. The second kappa shape index (κ2) is 5.50. The Labute approximate surface area is 144 Å². The molecule has 0 saturated heterocycles. The predicted octanol–water partition coefficient (Wildman–Crippen LogP) is 4.46. The molecule has 0 unspecified atom stereocenters. The van der Waals surface area contributed by atoms with Crippen LogP contribution in [0.15, 0.2) is 12.1 Å². The van der Waals surface area contributed by atoms with E-state index in [-0.39, 0.29) is 17.1 Å². The summed E-state index contributed by atoms with van der Waals surface area (Å²) in [5, 5.41) is 10.1. The molecule has 0 heterocycles. The Morgan fingerprint density at radius 3 is 2.75 bits per heavy atom. The molecule has 0 spiro atoms. The lowest BCUT2D eigenvalue weighted by atomic mass is 9.54. The van der Waals surface area contributed by atoms with E-state index >= 15 is 0 Å². The van der Waals surface area contributed by atoms with E-state index < -0.39 is 0 Å². The van der Waals surface area contributed by atoms with Crippen molar-refractivity contribution < 1.29 is 14.6 Å². The standard InChI is InChI=1S/C21H28O3/c1-12(22)17-6-7-18-15-5-4-13-10-19(23)20(24-3)11-16(13)14(15)8-9-21(17,18)2/h10-11,14-15,17-18,23H,4-9H2,1-3H3/t14-,15+,17+,18-,21+/m0/s1. The molecule has 0 radical (unpaired) electrons. The Morgan fingerprint density at radius 2 is 2.04 bits per heavy atom. The molecule has 1 aromatic carbocycles. The summed E-state index contributed by atoms with van der Waals surface area (Å²) >= 11 is 0. The van der Waals surface area contributed by atoms with Crippen LogP contribution in [-0.4, -0.2) is 18.0 Å². The number of hydrogen-bond donors (Lipinski definition) is 1. The average Bonchev–Trinajstić information content (AvgIpc) is 2.91. The maximum Gasteiger partial charge on any atom is 0.160 e. The molecule has 5 atom stereocenters. The number of carbonyl (C=O) groups is 1. The van der Waals surface area contributed by atoms with Crippen LogP contribution in [0.3, 0.4) is 0 Å². The van der Waals surface area contributed by atoms with Gasteiger partial charge in [-0.05, 0) is 91.9 Å². The molecule has 3 heteroatoms. The molecule has 2 fully saturated rings. The number of carbonyl (C=O) groups excluding carboxylic acids is 1. The molecular formula is C21H28O3. The fourth-order valence-corrected chi connectivity index (χ4v) is 6.42. The number of methoxy groups -OCH3 is 1. The van der Waals surface area contributed by atoms with Crippen molar-refractivity contribution >= 4 is 5.78 Å². The second-order valence-electron chi connectivity index (χ2n) is 8.42. The van der Waals surface area contributed by atoms with Gasteiger partial charge < -0.3 is 9.84 Å². The van der Waals surface area contributed by atoms with Crippen LogP contribution < -0.4 is 4.74 Å². The summed E-state index contributed by atoms with van der Waals surface area (Å²) in [6, 6.07) is 3.98. The van der Waals surface area contributed by atoms with Crippen LogP contribution in [0.4, 0.5) is 0 Å². The summed E-state index contributed by atoms with van der Waals surface area (Å²) in [7, 11) is 1.62. The van der Waals surface area contributed by atoms with E-state index in [1.54, 1.807) is 14.0 Å². The third-order valence-electron chi connectivity index (χ3n) is 7.52. The first kappa shape index (κ1) is 16.0. The number of rotatable bonds is 2. The number of aryl methyl sites for hydroxylation is 1. The quantitative estimate of drug-likeness (QED) is 0.872. The van der Waals surface area contributed by atoms with Crippen molar-refractivity contribution in [3.8, 4) is 11.5 Å². The molecule has 3 aliphatic carbocycles. The van der Waals surface area contributed by atoms with Crippen LogP contribution in [0.1, 0.15) is 63.0 Å². The molecule has 0 bridgehead atoms. The third kappa shape index (κ3) is 2.13. The summed E-state index contributed by atoms with van der Waals surface area (Å²) in [6.07, 6.45) is 6.80. The van der Waals surface area contributed by atoms with Crippen molar-refractivity contribution in [2.24, 2.45) is 23.2 Å². The first-order chi connectivity index (χ1) is 11.5. The second-order valence-corrected chi connectivity index (χ2v) is 8.42. The Morgan fingerprint density at radius 1 is 1.25 bits per heavy atom. The molecular weight excluding hydrogens is 300 g/mol. The Kier molecular flexibility index (Phi) is 3.67. The first-order valence-corrected chi connectivity index (χ1v) is 9.36. The van der Waals surface area contributed by atoms with Crippen LogP contribution in [0, 0.1) is 23.2 Å². The van der Waals surface area contributed by atoms with E-state index in [4.69, 9.17) is 4.74 Å². The number of Topliss-reactive ketones (excluding diaryl/α,β-unsaturated/α-hetero) is 1. The van der Waals surface area contributed by atoms with Crippen molar-refractivity contribution in [1.29, 1.82) is 0 Å². The maximum absolute atomic E-state index is 12.1. The normalized spacial score (nSPS) is 37.3. The lowest BCUT2D eigenvalue weighted by Gasteiger charge is -2.50. The van der Waals surface area contributed by atoms with Crippen molar-refractivity contribution in [2.75, 3.05) is 7.11 Å². The van der Waals surface area contributed by atoms with Crippen molar-refractivity contribution in [2.45, 2.75) is 58.3 Å². The lowest BCUT2D eigenvalue weighted by Crippen LogP contribution is -2.43. The molecule has 130 valence electrons. The number of phenols is 1. The van der Waals surface area contributed by atoms with Gasteiger partial charge in [-0.1, -0.05) is 6.92 Å². The molecule has 3 nitrogen and oxygen atoms in total. The minimum atomic E-state index is 0.200. The SMILES string of the molecule is COc1cc2c(cc1O)CC[C@@H]1[C@@H]2CC[C@]2(C)[C@@H](C(C)=O)CC[C@@H]12. The number of fused-ring (bicyclic) bond motifs is 5. The number of aromatic hydroxyl groups is 1.